The topological polar surface area (TPSA) is 30.5 Å². The second kappa shape index (κ2) is 9.82. The average molecular weight is 265 g/mol. The van der Waals surface area contributed by atoms with Crippen LogP contribution in [0, 0.1) is 5.92 Å². The van der Waals surface area contributed by atoms with Crippen LogP contribution in [-0.4, -0.2) is 26.4 Å². The van der Waals surface area contributed by atoms with Crippen molar-refractivity contribution >= 4 is 0 Å². The minimum Gasteiger partial charge on any atom is -0.491 e. The normalized spacial score (nSPS) is 10.9. The average Bonchev–Trinajstić information content (AvgIpc) is 2.41. The van der Waals surface area contributed by atoms with E-state index in [0.717, 1.165) is 31.9 Å². The van der Waals surface area contributed by atoms with Gasteiger partial charge in [-0.15, -0.1) is 0 Å². The van der Waals surface area contributed by atoms with Gasteiger partial charge in [0.15, 0.2) is 0 Å². The summed E-state index contributed by atoms with van der Waals surface area (Å²) in [5, 5.41) is 3.30. The van der Waals surface area contributed by atoms with Crippen molar-refractivity contribution in [2.75, 3.05) is 26.4 Å². The Hall–Kier alpha value is -1.06. The fraction of sp³-hybridized carbons (Fsp3) is 0.625. The first-order chi connectivity index (χ1) is 9.22. The Morgan fingerprint density at radius 3 is 2.42 bits per heavy atom. The van der Waals surface area contributed by atoms with Crippen molar-refractivity contribution < 1.29 is 9.47 Å². The molecule has 3 nitrogen and oxygen atoms in total. The number of ether oxygens (including phenoxy) is 2. The predicted molar refractivity (Wildman–Crippen MR) is 79.6 cm³/mol. The monoisotopic (exact) mass is 265 g/mol. The van der Waals surface area contributed by atoms with Gasteiger partial charge >= 0.3 is 0 Å². The van der Waals surface area contributed by atoms with Crippen LogP contribution in [0.4, 0.5) is 0 Å². The van der Waals surface area contributed by atoms with E-state index < -0.39 is 0 Å². The van der Waals surface area contributed by atoms with E-state index in [0.29, 0.717) is 19.1 Å². The van der Waals surface area contributed by atoms with Gasteiger partial charge < -0.3 is 14.8 Å². The molecule has 0 fully saturated rings. The highest BCUT2D eigenvalue weighted by molar-refractivity contribution is 5.27. The highest BCUT2D eigenvalue weighted by Crippen LogP contribution is 2.12. The second-order valence-corrected chi connectivity index (χ2v) is 5.07. The largest absolute Gasteiger partial charge is 0.491 e. The molecule has 108 valence electrons. The first-order valence-corrected chi connectivity index (χ1v) is 7.22. The van der Waals surface area contributed by atoms with Crippen LogP contribution in [0.5, 0.6) is 5.75 Å². The Morgan fingerprint density at radius 1 is 1.05 bits per heavy atom. The molecule has 0 radical (unpaired) electrons. The van der Waals surface area contributed by atoms with E-state index in [4.69, 9.17) is 9.47 Å². The van der Waals surface area contributed by atoms with E-state index >= 15 is 0 Å². The molecule has 0 aromatic heterocycles. The zero-order valence-electron chi connectivity index (χ0n) is 12.4. The van der Waals surface area contributed by atoms with E-state index in [1.165, 1.54) is 5.56 Å². The number of nitrogens with one attached hydrogen (secondary N) is 1. The minimum absolute atomic E-state index is 0.616. The highest BCUT2D eigenvalue weighted by atomic mass is 16.5. The van der Waals surface area contributed by atoms with Crippen molar-refractivity contribution in [1.82, 2.24) is 5.32 Å². The third-order valence-electron chi connectivity index (χ3n) is 2.84. The van der Waals surface area contributed by atoms with Crippen molar-refractivity contribution in [3.8, 4) is 5.75 Å². The van der Waals surface area contributed by atoms with E-state index in [9.17, 15) is 0 Å². The fourth-order valence-corrected chi connectivity index (χ4v) is 1.61. The second-order valence-electron chi connectivity index (χ2n) is 5.07. The molecule has 0 aliphatic heterocycles. The molecular formula is C16H27NO2. The Bertz CT molecular complexity index is 322. The SMILES string of the molecule is CCNCc1ccc(OCCOCCC(C)C)cc1. The third kappa shape index (κ3) is 7.85. The molecule has 0 saturated heterocycles. The maximum absolute atomic E-state index is 5.63. The summed E-state index contributed by atoms with van der Waals surface area (Å²) in [7, 11) is 0. The molecular weight excluding hydrogens is 238 g/mol. The molecule has 0 unspecified atom stereocenters. The molecule has 1 rings (SSSR count). The first-order valence-electron chi connectivity index (χ1n) is 7.22. The molecule has 0 atom stereocenters. The molecule has 0 heterocycles. The number of rotatable bonds is 10. The zero-order valence-corrected chi connectivity index (χ0v) is 12.4. The summed E-state index contributed by atoms with van der Waals surface area (Å²) in [5.74, 6) is 1.61. The Kier molecular flexibility index (Phi) is 8.26. The van der Waals surface area contributed by atoms with Gasteiger partial charge in [-0.1, -0.05) is 32.9 Å². The van der Waals surface area contributed by atoms with Crippen LogP contribution in [0.3, 0.4) is 0 Å². The molecule has 19 heavy (non-hydrogen) atoms. The molecule has 1 aromatic carbocycles. The lowest BCUT2D eigenvalue weighted by molar-refractivity contribution is 0.0926. The summed E-state index contributed by atoms with van der Waals surface area (Å²) >= 11 is 0. The maximum Gasteiger partial charge on any atom is 0.119 e. The Balaban J connectivity index is 2.12. The Labute approximate surface area is 117 Å². The summed E-state index contributed by atoms with van der Waals surface area (Å²) < 4.78 is 11.1. The van der Waals surface area contributed by atoms with Crippen LogP contribution in [0.15, 0.2) is 24.3 Å². The number of hydrogen-bond donors (Lipinski definition) is 1. The van der Waals surface area contributed by atoms with Gasteiger partial charge in [0.05, 0.1) is 6.61 Å². The van der Waals surface area contributed by atoms with E-state index in [1.54, 1.807) is 0 Å². The summed E-state index contributed by atoms with van der Waals surface area (Å²) in [5.41, 5.74) is 1.28. The van der Waals surface area contributed by atoms with Crippen molar-refractivity contribution in [1.29, 1.82) is 0 Å². The summed E-state index contributed by atoms with van der Waals surface area (Å²) in [6, 6.07) is 8.22. The lowest BCUT2D eigenvalue weighted by Crippen LogP contribution is -2.11. The van der Waals surface area contributed by atoms with Crippen LogP contribution in [0.25, 0.3) is 0 Å². The van der Waals surface area contributed by atoms with E-state index in [2.05, 4.69) is 38.2 Å². The zero-order chi connectivity index (χ0) is 13.9. The number of hydrogen-bond acceptors (Lipinski definition) is 3. The van der Waals surface area contributed by atoms with Gasteiger partial charge in [0.25, 0.3) is 0 Å². The predicted octanol–water partition coefficient (Wildman–Crippen LogP) is 3.24. The molecule has 0 bridgehead atoms. The smallest absolute Gasteiger partial charge is 0.119 e. The first kappa shape index (κ1) is 16.0. The van der Waals surface area contributed by atoms with Gasteiger partial charge in [0.1, 0.15) is 12.4 Å². The molecule has 0 aliphatic rings. The molecule has 0 amide bonds. The van der Waals surface area contributed by atoms with E-state index in [1.807, 2.05) is 12.1 Å². The summed E-state index contributed by atoms with van der Waals surface area (Å²) in [6.45, 7) is 10.5. The van der Waals surface area contributed by atoms with Gasteiger partial charge in [-0.2, -0.15) is 0 Å². The molecule has 3 heteroatoms. The van der Waals surface area contributed by atoms with Crippen LogP contribution >= 0.6 is 0 Å². The molecule has 0 saturated carbocycles. The molecule has 0 aliphatic carbocycles. The number of benzene rings is 1. The van der Waals surface area contributed by atoms with Crippen LogP contribution < -0.4 is 10.1 Å². The van der Waals surface area contributed by atoms with Gasteiger partial charge in [0.2, 0.25) is 0 Å². The van der Waals surface area contributed by atoms with Crippen LogP contribution in [-0.2, 0) is 11.3 Å². The minimum atomic E-state index is 0.616. The summed E-state index contributed by atoms with van der Waals surface area (Å²) in [6.07, 6.45) is 1.11. The lowest BCUT2D eigenvalue weighted by Gasteiger charge is -2.09. The van der Waals surface area contributed by atoms with Crippen molar-refractivity contribution in [2.24, 2.45) is 5.92 Å². The van der Waals surface area contributed by atoms with Crippen molar-refractivity contribution in [3.05, 3.63) is 29.8 Å². The molecule has 0 spiro atoms. The van der Waals surface area contributed by atoms with Crippen LogP contribution in [0.1, 0.15) is 32.8 Å². The standard InChI is InChI=1S/C16H27NO2/c1-4-17-13-15-5-7-16(8-6-15)19-12-11-18-10-9-14(2)3/h5-8,14,17H,4,9-13H2,1-3H3. The van der Waals surface area contributed by atoms with E-state index in [-0.39, 0.29) is 0 Å². The highest BCUT2D eigenvalue weighted by Gasteiger charge is 1.97. The Morgan fingerprint density at radius 2 is 1.79 bits per heavy atom. The van der Waals surface area contributed by atoms with Crippen molar-refractivity contribution in [3.63, 3.8) is 0 Å². The van der Waals surface area contributed by atoms with Gasteiger partial charge in [-0.05, 0) is 36.6 Å². The summed E-state index contributed by atoms with van der Waals surface area (Å²) in [4.78, 5) is 0. The van der Waals surface area contributed by atoms with Gasteiger partial charge in [-0.3, -0.25) is 0 Å². The van der Waals surface area contributed by atoms with Crippen LogP contribution in [0.2, 0.25) is 0 Å². The van der Waals surface area contributed by atoms with Crippen molar-refractivity contribution in [2.45, 2.75) is 33.7 Å². The molecule has 1 N–H and O–H groups in total. The fourth-order valence-electron chi connectivity index (χ4n) is 1.61. The third-order valence-corrected chi connectivity index (χ3v) is 2.84. The van der Waals surface area contributed by atoms with Gasteiger partial charge in [-0.25, -0.2) is 0 Å². The lowest BCUT2D eigenvalue weighted by atomic mass is 10.1. The van der Waals surface area contributed by atoms with Gasteiger partial charge in [0, 0.05) is 13.2 Å². The molecule has 1 aromatic rings. The maximum atomic E-state index is 5.63. The quantitative estimate of drug-likeness (QED) is 0.659.